The molecule has 7 nitrogen and oxygen atoms in total. The van der Waals surface area contributed by atoms with Gasteiger partial charge in [-0.05, 0) is 38.5 Å². The SMILES string of the molecule is CCCCOC(=O)C1=C(N)Nc2ccc(Br)cc2[C@]12C(=O)OC(C)=C2C(C)=O. The molecule has 148 valence electrons. The quantitative estimate of drug-likeness (QED) is 0.526. The van der Waals surface area contributed by atoms with E-state index in [1.807, 2.05) is 6.92 Å². The minimum atomic E-state index is -1.77. The Kier molecular flexibility index (Phi) is 5.34. The fourth-order valence-corrected chi connectivity index (χ4v) is 4.10. The summed E-state index contributed by atoms with van der Waals surface area (Å²) in [5.41, 5.74) is 5.29. The third-order valence-electron chi connectivity index (χ3n) is 4.87. The first-order chi connectivity index (χ1) is 13.2. The van der Waals surface area contributed by atoms with Crippen LogP contribution in [0.4, 0.5) is 5.69 Å². The van der Waals surface area contributed by atoms with Crippen LogP contribution >= 0.6 is 15.9 Å². The topological polar surface area (TPSA) is 108 Å². The van der Waals surface area contributed by atoms with E-state index >= 15 is 0 Å². The molecule has 0 fully saturated rings. The predicted molar refractivity (Wildman–Crippen MR) is 106 cm³/mol. The van der Waals surface area contributed by atoms with Crippen LogP contribution in [0.3, 0.4) is 0 Å². The number of ketones is 1. The number of allylic oxidation sites excluding steroid dienone is 1. The number of esters is 2. The van der Waals surface area contributed by atoms with E-state index in [-0.39, 0.29) is 35.1 Å². The molecular formula is C20H21BrN2O5. The van der Waals surface area contributed by atoms with Crippen molar-refractivity contribution in [3.63, 3.8) is 0 Å². The summed E-state index contributed by atoms with van der Waals surface area (Å²) in [6.07, 6.45) is 1.50. The highest BCUT2D eigenvalue weighted by atomic mass is 79.9. The van der Waals surface area contributed by atoms with Crippen LogP contribution in [0.5, 0.6) is 0 Å². The summed E-state index contributed by atoms with van der Waals surface area (Å²) < 4.78 is 11.4. The fraction of sp³-hybridized carbons (Fsp3) is 0.350. The van der Waals surface area contributed by atoms with Crippen LogP contribution in [0.15, 0.2) is 45.4 Å². The zero-order valence-electron chi connectivity index (χ0n) is 15.8. The Labute approximate surface area is 171 Å². The Morgan fingerprint density at radius 2 is 2.04 bits per heavy atom. The van der Waals surface area contributed by atoms with Crippen LogP contribution in [0, 0.1) is 0 Å². The van der Waals surface area contributed by atoms with E-state index in [4.69, 9.17) is 15.2 Å². The van der Waals surface area contributed by atoms with E-state index in [9.17, 15) is 14.4 Å². The predicted octanol–water partition coefficient (Wildman–Crippen LogP) is 3.05. The lowest BCUT2D eigenvalue weighted by molar-refractivity contribution is -0.146. The van der Waals surface area contributed by atoms with Gasteiger partial charge >= 0.3 is 11.9 Å². The van der Waals surface area contributed by atoms with Gasteiger partial charge in [-0.2, -0.15) is 0 Å². The van der Waals surface area contributed by atoms with Gasteiger partial charge in [-0.1, -0.05) is 29.3 Å². The van der Waals surface area contributed by atoms with Crippen molar-refractivity contribution in [2.24, 2.45) is 5.73 Å². The molecule has 1 spiro atoms. The maximum Gasteiger partial charge on any atom is 0.339 e. The number of carbonyl (C=O) groups is 3. The second-order valence-corrected chi connectivity index (χ2v) is 7.64. The zero-order chi connectivity index (χ0) is 20.6. The van der Waals surface area contributed by atoms with Crippen molar-refractivity contribution in [2.45, 2.75) is 39.0 Å². The highest BCUT2D eigenvalue weighted by Crippen LogP contribution is 2.52. The fourth-order valence-electron chi connectivity index (χ4n) is 3.74. The Bertz CT molecular complexity index is 950. The molecule has 0 aliphatic carbocycles. The van der Waals surface area contributed by atoms with Gasteiger partial charge in [0.2, 0.25) is 0 Å². The van der Waals surface area contributed by atoms with E-state index in [0.717, 1.165) is 6.42 Å². The minimum Gasteiger partial charge on any atom is -0.462 e. The maximum absolute atomic E-state index is 13.2. The summed E-state index contributed by atoms with van der Waals surface area (Å²) in [7, 11) is 0. The van der Waals surface area contributed by atoms with Crippen LogP contribution in [0.1, 0.15) is 39.2 Å². The van der Waals surface area contributed by atoms with Crippen molar-refractivity contribution < 1.29 is 23.9 Å². The number of Topliss-reactive ketones (excluding diaryl/α,β-unsaturated/α-hetero) is 1. The van der Waals surface area contributed by atoms with E-state index in [2.05, 4.69) is 21.2 Å². The van der Waals surface area contributed by atoms with E-state index in [1.54, 1.807) is 18.2 Å². The summed E-state index contributed by atoms with van der Waals surface area (Å²) >= 11 is 3.39. The van der Waals surface area contributed by atoms with Crippen LogP contribution in [0.2, 0.25) is 0 Å². The third-order valence-corrected chi connectivity index (χ3v) is 5.36. The monoisotopic (exact) mass is 448 g/mol. The Morgan fingerprint density at radius 1 is 1.32 bits per heavy atom. The molecule has 28 heavy (non-hydrogen) atoms. The first-order valence-corrected chi connectivity index (χ1v) is 9.73. The van der Waals surface area contributed by atoms with E-state index in [1.165, 1.54) is 13.8 Å². The smallest absolute Gasteiger partial charge is 0.339 e. The molecule has 1 aromatic carbocycles. The molecule has 8 heteroatoms. The second kappa shape index (κ2) is 7.43. The number of nitrogens with two attached hydrogens (primary N) is 1. The molecule has 0 saturated carbocycles. The molecule has 2 heterocycles. The number of ether oxygens (including phenoxy) is 2. The van der Waals surface area contributed by atoms with Crippen molar-refractivity contribution in [3.8, 4) is 0 Å². The number of hydrogen-bond acceptors (Lipinski definition) is 7. The number of rotatable bonds is 5. The number of anilines is 1. The average molecular weight is 449 g/mol. The number of fused-ring (bicyclic) bond motifs is 2. The molecule has 1 aromatic rings. The van der Waals surface area contributed by atoms with Crippen LogP contribution in [0.25, 0.3) is 0 Å². The average Bonchev–Trinajstić information content (AvgIpc) is 2.87. The van der Waals surface area contributed by atoms with Gasteiger partial charge in [-0.15, -0.1) is 0 Å². The number of benzene rings is 1. The van der Waals surface area contributed by atoms with E-state index in [0.29, 0.717) is 22.1 Å². The number of unbranched alkanes of at least 4 members (excludes halogenated alkanes) is 1. The van der Waals surface area contributed by atoms with Gasteiger partial charge in [0.1, 0.15) is 17.2 Å². The lowest BCUT2D eigenvalue weighted by Crippen LogP contribution is -2.47. The molecule has 0 unspecified atom stereocenters. The largest absolute Gasteiger partial charge is 0.462 e. The molecule has 0 radical (unpaired) electrons. The number of nitrogens with one attached hydrogen (secondary N) is 1. The molecule has 3 rings (SSSR count). The molecule has 0 bridgehead atoms. The standard InChI is InChI=1S/C20H21BrN2O5/c1-4-5-8-27-18(25)16-17(22)23-14-7-6-12(21)9-13(14)20(16)15(10(2)24)11(3)28-19(20)26/h6-7,9,23H,4-5,8,22H2,1-3H3/t20-/m1/s1. The summed E-state index contributed by atoms with van der Waals surface area (Å²) in [5, 5.41) is 2.95. The van der Waals surface area contributed by atoms with Crippen molar-refractivity contribution in [1.29, 1.82) is 0 Å². The summed E-state index contributed by atoms with van der Waals surface area (Å²) in [6.45, 7) is 5.01. The summed E-state index contributed by atoms with van der Waals surface area (Å²) in [4.78, 5) is 38.8. The van der Waals surface area contributed by atoms with Crippen LogP contribution < -0.4 is 11.1 Å². The van der Waals surface area contributed by atoms with Crippen molar-refractivity contribution in [3.05, 3.63) is 51.0 Å². The number of cyclic esters (lactones) is 1. The Hall–Kier alpha value is -2.61. The third kappa shape index (κ3) is 2.92. The highest BCUT2D eigenvalue weighted by molar-refractivity contribution is 9.10. The molecule has 3 N–H and O–H groups in total. The van der Waals surface area contributed by atoms with Crippen molar-refractivity contribution in [1.82, 2.24) is 0 Å². The molecule has 0 saturated heterocycles. The Morgan fingerprint density at radius 3 is 2.68 bits per heavy atom. The number of carbonyl (C=O) groups excluding carboxylic acids is 3. The first kappa shape index (κ1) is 20.1. The van der Waals surface area contributed by atoms with Gasteiger partial charge in [0, 0.05) is 15.7 Å². The summed E-state index contributed by atoms with van der Waals surface area (Å²) in [6, 6.07) is 5.16. The molecule has 1 atom stereocenters. The van der Waals surface area contributed by atoms with Crippen molar-refractivity contribution in [2.75, 3.05) is 11.9 Å². The molecular weight excluding hydrogens is 428 g/mol. The highest BCUT2D eigenvalue weighted by Gasteiger charge is 2.61. The van der Waals surface area contributed by atoms with Gasteiger partial charge < -0.3 is 20.5 Å². The van der Waals surface area contributed by atoms with Crippen LogP contribution in [-0.2, 0) is 29.3 Å². The van der Waals surface area contributed by atoms with Gasteiger partial charge in [-0.25, -0.2) is 9.59 Å². The number of hydrogen-bond donors (Lipinski definition) is 2. The molecule has 2 aliphatic heterocycles. The first-order valence-electron chi connectivity index (χ1n) is 8.94. The van der Waals surface area contributed by atoms with Gasteiger partial charge in [0.05, 0.1) is 12.2 Å². The minimum absolute atomic E-state index is 0.0401. The summed E-state index contributed by atoms with van der Waals surface area (Å²) in [5.74, 6) is -1.78. The number of halogens is 1. The molecule has 0 aromatic heterocycles. The normalized spacial score (nSPS) is 20.8. The van der Waals surface area contributed by atoms with Gasteiger partial charge in [0.25, 0.3) is 0 Å². The van der Waals surface area contributed by atoms with E-state index < -0.39 is 17.4 Å². The zero-order valence-corrected chi connectivity index (χ0v) is 17.4. The molecule has 2 aliphatic rings. The maximum atomic E-state index is 13.2. The van der Waals surface area contributed by atoms with Gasteiger partial charge in [-0.3, -0.25) is 4.79 Å². The Balaban J connectivity index is 2.30. The van der Waals surface area contributed by atoms with Gasteiger partial charge in [0.15, 0.2) is 11.2 Å². The lowest BCUT2D eigenvalue weighted by Gasteiger charge is -2.36. The van der Waals surface area contributed by atoms with Crippen molar-refractivity contribution >= 4 is 39.3 Å². The van der Waals surface area contributed by atoms with Crippen LogP contribution in [-0.4, -0.2) is 24.3 Å². The molecule has 0 amide bonds. The second-order valence-electron chi connectivity index (χ2n) is 6.72. The lowest BCUT2D eigenvalue weighted by atomic mass is 9.66.